The minimum Gasteiger partial charge on any atom is -0.465 e. The van der Waals surface area contributed by atoms with Gasteiger partial charge in [0.25, 0.3) is 0 Å². The Hall–Kier alpha value is -2.87. The number of aryl methyl sites for hydroxylation is 1. The van der Waals surface area contributed by atoms with Crippen LogP contribution in [-0.4, -0.2) is 58.1 Å². The number of aromatic nitrogens is 2. The van der Waals surface area contributed by atoms with Gasteiger partial charge in [-0.05, 0) is 37.1 Å². The number of likely N-dealkylation sites (tertiary alicyclic amines) is 1. The van der Waals surface area contributed by atoms with Gasteiger partial charge in [-0.2, -0.15) is 5.10 Å². The summed E-state index contributed by atoms with van der Waals surface area (Å²) in [6.07, 6.45) is 3.58. The number of aliphatic hydroxyl groups is 1. The van der Waals surface area contributed by atoms with Crippen molar-refractivity contribution in [1.82, 2.24) is 14.7 Å². The summed E-state index contributed by atoms with van der Waals surface area (Å²) in [5, 5.41) is 16.7. The van der Waals surface area contributed by atoms with Gasteiger partial charge in [0.05, 0.1) is 36.3 Å². The number of aliphatic hydroxyl groups excluding tert-OH is 1. The van der Waals surface area contributed by atoms with Gasteiger partial charge in [0, 0.05) is 19.3 Å². The number of β-amino-alcohol motifs (C(OH)–C–C–N with tert-alkyl or cyclic N) is 1. The van der Waals surface area contributed by atoms with E-state index in [4.69, 9.17) is 4.74 Å². The number of amides is 2. The molecule has 0 saturated carbocycles. The minimum absolute atomic E-state index is 0.290. The predicted octanol–water partition coefficient (Wildman–Crippen LogP) is 1.57. The molecule has 1 saturated heterocycles. The number of benzene rings is 1. The van der Waals surface area contributed by atoms with Crippen molar-refractivity contribution in [2.75, 3.05) is 25.5 Å². The van der Waals surface area contributed by atoms with Crippen LogP contribution >= 0.6 is 0 Å². The Labute approximate surface area is 145 Å². The molecule has 0 bridgehead atoms. The van der Waals surface area contributed by atoms with Crippen LogP contribution in [0, 0.1) is 6.92 Å². The normalized spacial score (nSPS) is 16.8. The molecular weight excluding hydrogens is 324 g/mol. The number of urea groups is 1. The number of hydrogen-bond donors (Lipinski definition) is 2. The fourth-order valence-electron chi connectivity index (χ4n) is 2.75. The molecular formula is C17H20N4O4. The Kier molecular flexibility index (Phi) is 4.71. The zero-order chi connectivity index (χ0) is 18.0. The molecule has 132 valence electrons. The number of rotatable bonds is 3. The predicted molar refractivity (Wildman–Crippen MR) is 90.9 cm³/mol. The van der Waals surface area contributed by atoms with Crippen LogP contribution in [-0.2, 0) is 4.74 Å². The lowest BCUT2D eigenvalue weighted by molar-refractivity contribution is 0.0600. The number of hydrogen-bond acceptors (Lipinski definition) is 5. The smallest absolute Gasteiger partial charge is 0.337 e. The second-order valence-corrected chi connectivity index (χ2v) is 6.00. The Bertz CT molecular complexity index is 802. The standard InChI is InChI=1S/C17H20N4O4/c1-11-8-18-21(9-11)15-4-3-12(16(23)25-2)7-14(15)19-17(24)20-6-5-13(22)10-20/h3-4,7-9,13,22H,5-6,10H2,1-2H3,(H,19,24). The van der Waals surface area contributed by atoms with Gasteiger partial charge < -0.3 is 20.1 Å². The first-order valence-corrected chi connectivity index (χ1v) is 7.96. The van der Waals surface area contributed by atoms with E-state index in [0.717, 1.165) is 5.56 Å². The average Bonchev–Trinajstić information content (AvgIpc) is 3.22. The maximum absolute atomic E-state index is 12.5. The van der Waals surface area contributed by atoms with Gasteiger partial charge in [-0.3, -0.25) is 0 Å². The monoisotopic (exact) mass is 344 g/mol. The van der Waals surface area contributed by atoms with Crippen molar-refractivity contribution in [3.05, 3.63) is 41.7 Å². The Morgan fingerprint density at radius 2 is 2.20 bits per heavy atom. The second kappa shape index (κ2) is 6.94. The Morgan fingerprint density at radius 1 is 1.40 bits per heavy atom. The molecule has 1 atom stereocenters. The van der Waals surface area contributed by atoms with E-state index in [2.05, 4.69) is 10.4 Å². The maximum atomic E-state index is 12.5. The summed E-state index contributed by atoms with van der Waals surface area (Å²) < 4.78 is 6.37. The van der Waals surface area contributed by atoms with Crippen LogP contribution in [0.25, 0.3) is 5.69 Å². The molecule has 1 fully saturated rings. The van der Waals surface area contributed by atoms with Gasteiger partial charge in [0.2, 0.25) is 0 Å². The van der Waals surface area contributed by atoms with Crippen molar-refractivity contribution in [3.63, 3.8) is 0 Å². The Balaban J connectivity index is 1.93. The summed E-state index contributed by atoms with van der Waals surface area (Å²) in [7, 11) is 1.30. The van der Waals surface area contributed by atoms with Gasteiger partial charge in [-0.25, -0.2) is 14.3 Å². The van der Waals surface area contributed by atoms with Crippen molar-refractivity contribution in [3.8, 4) is 5.69 Å². The molecule has 25 heavy (non-hydrogen) atoms. The van der Waals surface area contributed by atoms with E-state index in [1.807, 2.05) is 13.1 Å². The zero-order valence-corrected chi connectivity index (χ0v) is 14.1. The number of anilines is 1. The van der Waals surface area contributed by atoms with Crippen LogP contribution in [0.15, 0.2) is 30.6 Å². The van der Waals surface area contributed by atoms with Crippen molar-refractivity contribution in [2.24, 2.45) is 0 Å². The third-order valence-corrected chi connectivity index (χ3v) is 4.07. The van der Waals surface area contributed by atoms with E-state index in [0.29, 0.717) is 36.4 Å². The lowest BCUT2D eigenvalue weighted by Gasteiger charge is -2.18. The van der Waals surface area contributed by atoms with Crippen molar-refractivity contribution in [2.45, 2.75) is 19.4 Å². The van der Waals surface area contributed by atoms with Gasteiger partial charge in [-0.15, -0.1) is 0 Å². The van der Waals surface area contributed by atoms with E-state index in [9.17, 15) is 14.7 Å². The zero-order valence-electron chi connectivity index (χ0n) is 14.1. The lowest BCUT2D eigenvalue weighted by Crippen LogP contribution is -2.34. The number of nitrogens with zero attached hydrogens (tertiary/aromatic N) is 3. The minimum atomic E-state index is -0.500. The SMILES string of the molecule is COC(=O)c1ccc(-n2cc(C)cn2)c(NC(=O)N2CCC(O)C2)c1. The van der Waals surface area contributed by atoms with Crippen LogP contribution in [0.2, 0.25) is 0 Å². The molecule has 3 rings (SSSR count). The first-order valence-electron chi connectivity index (χ1n) is 7.96. The van der Waals surface area contributed by atoms with E-state index in [-0.39, 0.29) is 6.03 Å². The van der Waals surface area contributed by atoms with Crippen molar-refractivity contribution >= 4 is 17.7 Å². The highest BCUT2D eigenvalue weighted by molar-refractivity contribution is 5.96. The van der Waals surface area contributed by atoms with Crippen molar-refractivity contribution < 1.29 is 19.4 Å². The summed E-state index contributed by atoms with van der Waals surface area (Å²) in [5.41, 5.74) is 2.37. The fraction of sp³-hybridized carbons (Fsp3) is 0.353. The summed E-state index contributed by atoms with van der Waals surface area (Å²) in [4.78, 5) is 25.8. The highest BCUT2D eigenvalue weighted by Gasteiger charge is 2.25. The van der Waals surface area contributed by atoms with E-state index in [1.165, 1.54) is 12.0 Å². The molecule has 8 nitrogen and oxygen atoms in total. The molecule has 2 N–H and O–H groups in total. The molecule has 0 radical (unpaired) electrons. The van der Waals surface area contributed by atoms with Gasteiger partial charge in [-0.1, -0.05) is 0 Å². The molecule has 8 heteroatoms. The largest absolute Gasteiger partial charge is 0.465 e. The summed E-state index contributed by atoms with van der Waals surface area (Å²) in [5.74, 6) is -0.490. The number of ether oxygens (including phenoxy) is 1. The molecule has 1 unspecified atom stereocenters. The van der Waals surface area contributed by atoms with Gasteiger partial charge in [0.1, 0.15) is 0 Å². The highest BCUT2D eigenvalue weighted by atomic mass is 16.5. The molecule has 2 amide bonds. The number of methoxy groups -OCH3 is 1. The lowest BCUT2D eigenvalue weighted by atomic mass is 10.1. The summed E-state index contributed by atoms with van der Waals surface area (Å²) in [6, 6.07) is 4.55. The molecule has 0 spiro atoms. The molecule has 1 aliphatic rings. The third kappa shape index (κ3) is 3.63. The topological polar surface area (TPSA) is 96.7 Å². The van der Waals surface area contributed by atoms with Crippen LogP contribution in [0.1, 0.15) is 22.3 Å². The third-order valence-electron chi connectivity index (χ3n) is 4.07. The molecule has 2 aromatic rings. The van der Waals surface area contributed by atoms with Crippen LogP contribution in [0.3, 0.4) is 0 Å². The van der Waals surface area contributed by atoms with Gasteiger partial charge in [0.15, 0.2) is 0 Å². The number of carbonyl (C=O) groups excluding carboxylic acids is 2. The summed E-state index contributed by atoms with van der Waals surface area (Å²) in [6.45, 7) is 2.69. The number of carbonyl (C=O) groups is 2. The first-order chi connectivity index (χ1) is 12.0. The van der Waals surface area contributed by atoms with E-state index < -0.39 is 12.1 Å². The second-order valence-electron chi connectivity index (χ2n) is 6.00. The molecule has 0 aliphatic carbocycles. The number of nitrogens with one attached hydrogen (secondary N) is 1. The maximum Gasteiger partial charge on any atom is 0.337 e. The fourth-order valence-corrected chi connectivity index (χ4v) is 2.75. The highest BCUT2D eigenvalue weighted by Crippen LogP contribution is 2.24. The van der Waals surface area contributed by atoms with Crippen molar-refractivity contribution in [1.29, 1.82) is 0 Å². The molecule has 1 aromatic heterocycles. The quantitative estimate of drug-likeness (QED) is 0.824. The van der Waals surface area contributed by atoms with Crippen LogP contribution in [0.5, 0.6) is 0 Å². The molecule has 1 aliphatic heterocycles. The first kappa shape index (κ1) is 17.0. The van der Waals surface area contributed by atoms with Crippen LogP contribution in [0.4, 0.5) is 10.5 Å². The van der Waals surface area contributed by atoms with Crippen LogP contribution < -0.4 is 5.32 Å². The van der Waals surface area contributed by atoms with Gasteiger partial charge >= 0.3 is 12.0 Å². The summed E-state index contributed by atoms with van der Waals surface area (Å²) >= 11 is 0. The Morgan fingerprint density at radius 3 is 2.80 bits per heavy atom. The molecule has 2 heterocycles. The average molecular weight is 344 g/mol. The van der Waals surface area contributed by atoms with E-state index in [1.54, 1.807) is 29.1 Å². The van der Waals surface area contributed by atoms with E-state index >= 15 is 0 Å². The number of esters is 1. The molecule has 1 aromatic carbocycles.